The number of carbonyl (C=O) groups excluding carboxylic acids is 1. The van der Waals surface area contributed by atoms with Gasteiger partial charge in [0.2, 0.25) is 5.91 Å². The van der Waals surface area contributed by atoms with E-state index in [0.29, 0.717) is 12.8 Å². The summed E-state index contributed by atoms with van der Waals surface area (Å²) in [6.45, 7) is 3.89. The van der Waals surface area contributed by atoms with E-state index >= 15 is 0 Å². The number of carbonyl (C=O) groups is 1. The quantitative estimate of drug-likeness (QED) is 0.0330. The summed E-state index contributed by atoms with van der Waals surface area (Å²) in [5.74, 6) is -0.135. The van der Waals surface area contributed by atoms with Crippen LogP contribution >= 0.6 is 0 Å². The second-order valence-electron chi connectivity index (χ2n) is 24.7. The highest BCUT2D eigenvalue weighted by atomic mass is 16.7. The molecule has 7 unspecified atom stereocenters. The maximum Gasteiger partial charge on any atom is 0.220 e. The maximum absolute atomic E-state index is 13.1. The van der Waals surface area contributed by atoms with Gasteiger partial charge in [0.1, 0.15) is 24.4 Å². The van der Waals surface area contributed by atoms with Gasteiger partial charge < -0.3 is 40.3 Å². The number of amides is 1. The van der Waals surface area contributed by atoms with Gasteiger partial charge in [-0.15, -0.1) is 0 Å². The standard InChI is InChI=1S/C68H135NO8/c1-3-5-7-9-11-13-15-17-19-20-21-22-23-24-25-26-27-28-29-30-31-32-33-34-35-36-37-38-39-40-41-42-44-46-48-50-52-54-56-58-64(72)69-61(60-76-68-67(75)66(74)65(73)63(59-70)77-68)62(71)57-55-53-51-49-47-45-43-18-16-14-12-10-8-6-4-2/h61-63,65-68,70-71,73-75H,3-60H2,1-2H3,(H,69,72). The molecule has 0 aromatic heterocycles. The predicted octanol–water partition coefficient (Wildman–Crippen LogP) is 18.5. The SMILES string of the molecule is CCCCCCCCCCCCCCCCCCCCCCCCCCCCCCCCCCCCCCCCCC(=O)NC(COC1OC(CO)C(O)C(O)C1O)C(O)CCCCCCCCCCCCCCCCC. The molecule has 1 aliphatic heterocycles. The summed E-state index contributed by atoms with van der Waals surface area (Å²) >= 11 is 0. The normalized spacial score (nSPS) is 18.6. The van der Waals surface area contributed by atoms with Crippen LogP contribution in [0.4, 0.5) is 0 Å². The zero-order chi connectivity index (χ0) is 55.8. The number of nitrogens with one attached hydrogen (secondary N) is 1. The second kappa shape index (κ2) is 58.4. The zero-order valence-electron chi connectivity index (χ0n) is 51.5. The zero-order valence-corrected chi connectivity index (χ0v) is 51.5. The first-order chi connectivity index (χ1) is 37.8. The highest BCUT2D eigenvalue weighted by molar-refractivity contribution is 5.76. The molecule has 0 bridgehead atoms. The smallest absolute Gasteiger partial charge is 0.220 e. The third kappa shape index (κ3) is 47.4. The van der Waals surface area contributed by atoms with Gasteiger partial charge in [-0.2, -0.15) is 0 Å². The molecule has 0 radical (unpaired) electrons. The Labute approximate surface area is 478 Å². The number of rotatable bonds is 62. The number of hydrogen-bond acceptors (Lipinski definition) is 8. The second-order valence-corrected chi connectivity index (χ2v) is 24.7. The molecule has 0 aliphatic carbocycles. The Balaban J connectivity index is 2.00. The monoisotopic (exact) mass is 1090 g/mol. The van der Waals surface area contributed by atoms with Crippen LogP contribution in [0.5, 0.6) is 0 Å². The average Bonchev–Trinajstić information content (AvgIpc) is 3.43. The molecular weight excluding hydrogens is 959 g/mol. The molecule has 1 fully saturated rings. The van der Waals surface area contributed by atoms with Crippen LogP contribution in [0, 0.1) is 0 Å². The minimum atomic E-state index is -1.55. The van der Waals surface area contributed by atoms with Crippen LogP contribution < -0.4 is 5.32 Å². The van der Waals surface area contributed by atoms with Crippen molar-refractivity contribution in [2.75, 3.05) is 13.2 Å². The van der Waals surface area contributed by atoms with Crippen molar-refractivity contribution in [1.29, 1.82) is 0 Å². The molecule has 7 atom stereocenters. The third-order valence-corrected chi connectivity index (χ3v) is 17.2. The summed E-state index contributed by atoms with van der Waals surface area (Å²) in [5.41, 5.74) is 0. The molecule has 460 valence electrons. The van der Waals surface area contributed by atoms with Crippen molar-refractivity contribution in [3.8, 4) is 0 Å². The summed E-state index contributed by atoms with van der Waals surface area (Å²) in [6, 6.07) is -0.714. The van der Waals surface area contributed by atoms with E-state index in [2.05, 4.69) is 19.2 Å². The fourth-order valence-electron chi connectivity index (χ4n) is 11.8. The van der Waals surface area contributed by atoms with Gasteiger partial charge in [0, 0.05) is 6.42 Å². The lowest BCUT2D eigenvalue weighted by Gasteiger charge is -2.40. The van der Waals surface area contributed by atoms with E-state index in [1.54, 1.807) is 0 Å². The lowest BCUT2D eigenvalue weighted by atomic mass is 9.99. The Hall–Kier alpha value is -0.810. The Bertz CT molecular complexity index is 1180. The highest BCUT2D eigenvalue weighted by Gasteiger charge is 2.44. The van der Waals surface area contributed by atoms with Crippen LogP contribution in [0.2, 0.25) is 0 Å². The average molecular weight is 1090 g/mol. The van der Waals surface area contributed by atoms with E-state index in [9.17, 15) is 30.3 Å². The lowest BCUT2D eigenvalue weighted by Crippen LogP contribution is -2.60. The van der Waals surface area contributed by atoms with E-state index in [0.717, 1.165) is 38.5 Å². The third-order valence-electron chi connectivity index (χ3n) is 17.2. The minimum absolute atomic E-state index is 0.131. The van der Waals surface area contributed by atoms with Gasteiger partial charge in [0.15, 0.2) is 6.29 Å². The first-order valence-electron chi connectivity index (χ1n) is 34.7. The molecule has 0 aromatic carbocycles. The van der Waals surface area contributed by atoms with Crippen molar-refractivity contribution in [3.63, 3.8) is 0 Å². The van der Waals surface area contributed by atoms with Crippen LogP contribution in [0.15, 0.2) is 0 Å². The van der Waals surface area contributed by atoms with Crippen molar-refractivity contribution in [2.24, 2.45) is 0 Å². The lowest BCUT2D eigenvalue weighted by molar-refractivity contribution is -0.302. The molecular formula is C68H135NO8. The largest absolute Gasteiger partial charge is 0.394 e. The van der Waals surface area contributed by atoms with Crippen molar-refractivity contribution >= 4 is 5.91 Å². The fourth-order valence-corrected chi connectivity index (χ4v) is 11.8. The van der Waals surface area contributed by atoms with Crippen molar-refractivity contribution in [3.05, 3.63) is 0 Å². The Morgan fingerprint density at radius 1 is 0.390 bits per heavy atom. The molecule has 1 saturated heterocycles. The van der Waals surface area contributed by atoms with Crippen molar-refractivity contribution in [2.45, 2.75) is 416 Å². The van der Waals surface area contributed by atoms with Gasteiger partial charge in [0.25, 0.3) is 0 Å². The molecule has 9 heteroatoms. The van der Waals surface area contributed by atoms with Crippen molar-refractivity contribution < 1.29 is 39.8 Å². The van der Waals surface area contributed by atoms with Crippen LogP contribution in [-0.2, 0) is 14.3 Å². The first kappa shape index (κ1) is 74.2. The Kier molecular flexibility index (Phi) is 56.3. The van der Waals surface area contributed by atoms with Crippen LogP contribution in [-0.4, -0.2) is 87.5 Å². The van der Waals surface area contributed by atoms with E-state index in [1.165, 1.54) is 308 Å². The summed E-state index contributed by atoms with van der Waals surface area (Å²) in [4.78, 5) is 13.1. The summed E-state index contributed by atoms with van der Waals surface area (Å²) in [6.07, 6.45) is 66.3. The number of hydrogen-bond donors (Lipinski definition) is 6. The highest BCUT2D eigenvalue weighted by Crippen LogP contribution is 2.24. The Morgan fingerprint density at radius 2 is 0.649 bits per heavy atom. The van der Waals surface area contributed by atoms with E-state index < -0.39 is 49.5 Å². The summed E-state index contributed by atoms with van der Waals surface area (Å²) in [7, 11) is 0. The van der Waals surface area contributed by atoms with E-state index in [-0.39, 0.29) is 12.5 Å². The van der Waals surface area contributed by atoms with Gasteiger partial charge in [0.05, 0.1) is 25.4 Å². The predicted molar refractivity (Wildman–Crippen MR) is 328 cm³/mol. The molecule has 1 heterocycles. The van der Waals surface area contributed by atoms with Crippen LogP contribution in [0.3, 0.4) is 0 Å². The van der Waals surface area contributed by atoms with Gasteiger partial charge >= 0.3 is 0 Å². The fraction of sp³-hybridized carbons (Fsp3) is 0.985. The molecule has 9 nitrogen and oxygen atoms in total. The van der Waals surface area contributed by atoms with E-state index in [4.69, 9.17) is 9.47 Å². The number of unbranched alkanes of at least 4 members (excludes halogenated alkanes) is 52. The first-order valence-corrected chi connectivity index (χ1v) is 34.7. The molecule has 1 amide bonds. The maximum atomic E-state index is 13.1. The molecule has 6 N–H and O–H groups in total. The Morgan fingerprint density at radius 3 is 0.922 bits per heavy atom. The minimum Gasteiger partial charge on any atom is -0.394 e. The van der Waals surface area contributed by atoms with Crippen LogP contribution in [0.25, 0.3) is 0 Å². The van der Waals surface area contributed by atoms with Crippen LogP contribution in [0.1, 0.15) is 373 Å². The van der Waals surface area contributed by atoms with Gasteiger partial charge in [-0.05, 0) is 12.8 Å². The number of aliphatic hydroxyl groups is 5. The topological polar surface area (TPSA) is 149 Å². The molecule has 0 saturated carbocycles. The molecule has 1 rings (SSSR count). The molecule has 77 heavy (non-hydrogen) atoms. The van der Waals surface area contributed by atoms with Crippen molar-refractivity contribution in [1.82, 2.24) is 5.32 Å². The summed E-state index contributed by atoms with van der Waals surface area (Å²) < 4.78 is 11.3. The van der Waals surface area contributed by atoms with Gasteiger partial charge in [-0.1, -0.05) is 354 Å². The van der Waals surface area contributed by atoms with Gasteiger partial charge in [-0.3, -0.25) is 4.79 Å². The summed E-state index contributed by atoms with van der Waals surface area (Å²) in [5, 5.41) is 54.8. The molecule has 0 spiro atoms. The van der Waals surface area contributed by atoms with E-state index in [1.807, 2.05) is 0 Å². The van der Waals surface area contributed by atoms with Gasteiger partial charge in [-0.25, -0.2) is 0 Å². The number of aliphatic hydroxyl groups excluding tert-OH is 5. The number of ether oxygens (including phenoxy) is 2. The molecule has 0 aromatic rings. The molecule has 1 aliphatic rings.